The largest absolute Gasteiger partial charge is 0.396 e. The second kappa shape index (κ2) is 6.91. The van der Waals surface area contributed by atoms with Crippen molar-refractivity contribution < 1.29 is 10.2 Å². The smallest absolute Gasteiger partial charge is 0.0745 e. The lowest BCUT2D eigenvalue weighted by molar-refractivity contribution is -0.0802. The Morgan fingerprint density at radius 2 is 2.05 bits per heavy atom. The third-order valence-electron chi connectivity index (χ3n) is 5.10. The lowest BCUT2D eigenvalue weighted by Crippen LogP contribution is -2.52. The van der Waals surface area contributed by atoms with Crippen molar-refractivity contribution in [3.8, 4) is 0 Å². The number of benzene rings is 1. The van der Waals surface area contributed by atoms with E-state index in [-0.39, 0.29) is 12.0 Å². The molecule has 2 atom stereocenters. The van der Waals surface area contributed by atoms with Gasteiger partial charge in [-0.2, -0.15) is 0 Å². The summed E-state index contributed by atoms with van der Waals surface area (Å²) in [5, 5.41) is 20.2. The number of aliphatic hydroxyl groups excluding tert-OH is 2. The second-order valence-corrected chi connectivity index (χ2v) is 6.69. The van der Waals surface area contributed by atoms with Gasteiger partial charge >= 0.3 is 0 Å². The van der Waals surface area contributed by atoms with Gasteiger partial charge in [-0.3, -0.25) is 4.90 Å². The Morgan fingerprint density at radius 1 is 1.29 bits per heavy atom. The van der Waals surface area contributed by atoms with Gasteiger partial charge in [0.25, 0.3) is 0 Å². The minimum Gasteiger partial charge on any atom is -0.396 e. The first-order chi connectivity index (χ1) is 10.0. The number of nitrogens with zero attached hydrogens (tertiary/aromatic N) is 1. The lowest BCUT2D eigenvalue weighted by atomic mass is 9.73. The zero-order valence-corrected chi connectivity index (χ0v) is 13.6. The SMILES string of the molecule is CCC[C@]1(CO)CCN(Cc2ccc(C)c(C)c2)C[C@H]1O. The molecule has 0 spiro atoms. The molecule has 1 aromatic rings. The standard InChI is InChI=1S/C18H29NO2/c1-4-7-18(13-20)8-9-19(12-17(18)21)11-16-6-5-14(2)15(3)10-16/h5-6,10,17,20-21H,4,7-9,11-13H2,1-3H3/t17-,18-/m1/s1. The van der Waals surface area contributed by atoms with Crippen LogP contribution in [0, 0.1) is 19.3 Å². The van der Waals surface area contributed by atoms with Crippen molar-refractivity contribution in [2.75, 3.05) is 19.7 Å². The molecule has 1 aliphatic rings. The van der Waals surface area contributed by atoms with Crippen LogP contribution in [-0.4, -0.2) is 40.9 Å². The molecule has 0 amide bonds. The van der Waals surface area contributed by atoms with Gasteiger partial charge in [0, 0.05) is 18.5 Å². The fourth-order valence-corrected chi connectivity index (χ4v) is 3.43. The maximum Gasteiger partial charge on any atom is 0.0745 e. The molecule has 1 aliphatic heterocycles. The van der Waals surface area contributed by atoms with E-state index < -0.39 is 6.10 Å². The highest BCUT2D eigenvalue weighted by Crippen LogP contribution is 2.36. The number of hydrogen-bond donors (Lipinski definition) is 2. The highest BCUT2D eigenvalue weighted by molar-refractivity contribution is 5.29. The summed E-state index contributed by atoms with van der Waals surface area (Å²) in [4.78, 5) is 2.30. The van der Waals surface area contributed by atoms with Gasteiger partial charge in [0.05, 0.1) is 12.7 Å². The predicted octanol–water partition coefficient (Wildman–Crippen LogP) is 2.65. The molecule has 1 fully saturated rings. The van der Waals surface area contributed by atoms with Gasteiger partial charge in [-0.15, -0.1) is 0 Å². The van der Waals surface area contributed by atoms with E-state index in [1.165, 1.54) is 16.7 Å². The van der Waals surface area contributed by atoms with Crippen LogP contribution in [0.5, 0.6) is 0 Å². The van der Waals surface area contributed by atoms with Gasteiger partial charge in [0.15, 0.2) is 0 Å². The minimum absolute atomic E-state index is 0.0967. The van der Waals surface area contributed by atoms with Crippen LogP contribution in [0.4, 0.5) is 0 Å². The number of aryl methyl sites for hydroxylation is 2. The van der Waals surface area contributed by atoms with Crippen molar-refractivity contribution in [3.63, 3.8) is 0 Å². The molecule has 118 valence electrons. The molecule has 1 saturated heterocycles. The summed E-state index contributed by atoms with van der Waals surface area (Å²) in [5.74, 6) is 0. The lowest BCUT2D eigenvalue weighted by Gasteiger charge is -2.44. The third-order valence-corrected chi connectivity index (χ3v) is 5.10. The van der Waals surface area contributed by atoms with Crippen LogP contribution in [-0.2, 0) is 6.54 Å². The monoisotopic (exact) mass is 291 g/mol. The molecular formula is C18H29NO2. The molecule has 21 heavy (non-hydrogen) atoms. The summed E-state index contributed by atoms with van der Waals surface area (Å²) in [6, 6.07) is 6.58. The topological polar surface area (TPSA) is 43.7 Å². The van der Waals surface area contributed by atoms with Crippen LogP contribution in [0.3, 0.4) is 0 Å². The Morgan fingerprint density at radius 3 is 2.62 bits per heavy atom. The Balaban J connectivity index is 2.00. The van der Waals surface area contributed by atoms with Crippen molar-refractivity contribution in [3.05, 3.63) is 34.9 Å². The van der Waals surface area contributed by atoms with E-state index in [1.807, 2.05) is 0 Å². The van der Waals surface area contributed by atoms with E-state index in [0.717, 1.165) is 32.4 Å². The summed E-state index contributed by atoms with van der Waals surface area (Å²) in [6.45, 7) is 8.97. The molecular weight excluding hydrogens is 262 g/mol. The Kier molecular flexibility index (Phi) is 5.42. The normalized spacial score (nSPS) is 27.0. The average molecular weight is 291 g/mol. The predicted molar refractivity (Wildman–Crippen MR) is 86.2 cm³/mol. The van der Waals surface area contributed by atoms with Crippen molar-refractivity contribution in [2.45, 2.75) is 52.7 Å². The van der Waals surface area contributed by atoms with E-state index in [2.05, 4.69) is 43.9 Å². The maximum absolute atomic E-state index is 10.5. The molecule has 3 heteroatoms. The van der Waals surface area contributed by atoms with Gasteiger partial charge < -0.3 is 10.2 Å². The molecule has 2 N–H and O–H groups in total. The number of β-amino-alcohol motifs (C(OH)–C–C–N with tert-alkyl or cyclic N) is 1. The van der Waals surface area contributed by atoms with E-state index in [9.17, 15) is 10.2 Å². The minimum atomic E-state index is -0.428. The first-order valence-corrected chi connectivity index (χ1v) is 8.08. The summed E-state index contributed by atoms with van der Waals surface area (Å²) in [6.07, 6.45) is 2.36. The first kappa shape index (κ1) is 16.5. The summed E-state index contributed by atoms with van der Waals surface area (Å²) in [5.41, 5.74) is 3.66. The summed E-state index contributed by atoms with van der Waals surface area (Å²) < 4.78 is 0. The van der Waals surface area contributed by atoms with Gasteiger partial charge in [-0.25, -0.2) is 0 Å². The number of likely N-dealkylation sites (tertiary alicyclic amines) is 1. The molecule has 1 aromatic carbocycles. The van der Waals surface area contributed by atoms with Crippen LogP contribution in [0.1, 0.15) is 42.9 Å². The van der Waals surface area contributed by atoms with Gasteiger partial charge in [0.1, 0.15) is 0 Å². The zero-order chi connectivity index (χ0) is 15.5. The second-order valence-electron chi connectivity index (χ2n) is 6.69. The molecule has 3 nitrogen and oxygen atoms in total. The first-order valence-electron chi connectivity index (χ1n) is 8.08. The van der Waals surface area contributed by atoms with E-state index in [0.29, 0.717) is 6.54 Å². The van der Waals surface area contributed by atoms with Crippen molar-refractivity contribution in [1.82, 2.24) is 4.90 Å². The number of aliphatic hydroxyl groups is 2. The van der Waals surface area contributed by atoms with E-state index in [4.69, 9.17) is 0 Å². The summed E-state index contributed by atoms with van der Waals surface area (Å²) in [7, 11) is 0. The molecule has 2 rings (SSSR count). The number of piperidine rings is 1. The summed E-state index contributed by atoms with van der Waals surface area (Å²) >= 11 is 0. The maximum atomic E-state index is 10.5. The molecule has 0 aliphatic carbocycles. The Labute approximate surface area is 128 Å². The van der Waals surface area contributed by atoms with Gasteiger partial charge in [0.2, 0.25) is 0 Å². The van der Waals surface area contributed by atoms with Crippen molar-refractivity contribution >= 4 is 0 Å². The molecule has 0 unspecified atom stereocenters. The van der Waals surface area contributed by atoms with Crippen LogP contribution in [0.15, 0.2) is 18.2 Å². The number of rotatable bonds is 5. The average Bonchev–Trinajstić information content (AvgIpc) is 2.46. The quantitative estimate of drug-likeness (QED) is 0.876. The highest BCUT2D eigenvalue weighted by atomic mass is 16.3. The number of hydrogen-bond acceptors (Lipinski definition) is 3. The fourth-order valence-electron chi connectivity index (χ4n) is 3.43. The molecule has 0 aromatic heterocycles. The van der Waals surface area contributed by atoms with Gasteiger partial charge in [-0.1, -0.05) is 31.5 Å². The zero-order valence-electron chi connectivity index (χ0n) is 13.6. The Hall–Kier alpha value is -0.900. The van der Waals surface area contributed by atoms with E-state index in [1.54, 1.807) is 0 Å². The van der Waals surface area contributed by atoms with Crippen LogP contribution in [0.2, 0.25) is 0 Å². The van der Waals surface area contributed by atoms with Crippen LogP contribution < -0.4 is 0 Å². The molecule has 0 bridgehead atoms. The molecule has 1 heterocycles. The Bertz CT molecular complexity index is 474. The molecule has 0 saturated carbocycles. The highest BCUT2D eigenvalue weighted by Gasteiger charge is 2.40. The third kappa shape index (κ3) is 3.65. The van der Waals surface area contributed by atoms with Crippen molar-refractivity contribution in [1.29, 1.82) is 0 Å². The van der Waals surface area contributed by atoms with E-state index >= 15 is 0 Å². The fraction of sp³-hybridized carbons (Fsp3) is 0.667. The van der Waals surface area contributed by atoms with Crippen LogP contribution >= 0.6 is 0 Å². The molecule has 0 radical (unpaired) electrons. The van der Waals surface area contributed by atoms with Crippen molar-refractivity contribution in [2.24, 2.45) is 5.41 Å². The van der Waals surface area contributed by atoms with Crippen LogP contribution in [0.25, 0.3) is 0 Å². The van der Waals surface area contributed by atoms with Gasteiger partial charge in [-0.05, 0) is 49.9 Å².